The number of imide groups is 1. The fourth-order valence-corrected chi connectivity index (χ4v) is 5.86. The molecule has 1 aliphatic heterocycles. The molecule has 1 aliphatic carbocycles. The monoisotopic (exact) mass is 511 g/mol. The SMILES string of the molecule is Cc1c(NC(=O)COC(=O)CN2C(=O)NC3(CC(C)CC(C)(C)C3)C2=O)c(=O)n(-c2ccccc2)n1C. The summed E-state index contributed by atoms with van der Waals surface area (Å²) in [5, 5.41) is 5.31. The van der Waals surface area contributed by atoms with Crippen LogP contribution in [0, 0.1) is 18.3 Å². The van der Waals surface area contributed by atoms with Crippen LogP contribution in [0.1, 0.15) is 45.7 Å². The van der Waals surface area contributed by atoms with E-state index in [2.05, 4.69) is 24.5 Å². The highest BCUT2D eigenvalue weighted by Crippen LogP contribution is 2.46. The number of carbonyl (C=O) groups excluding carboxylic acids is 4. The van der Waals surface area contributed by atoms with Crippen LogP contribution in [-0.4, -0.2) is 56.8 Å². The van der Waals surface area contributed by atoms with Crippen molar-refractivity contribution < 1.29 is 23.9 Å². The van der Waals surface area contributed by atoms with Crippen LogP contribution >= 0.6 is 0 Å². The maximum Gasteiger partial charge on any atom is 0.326 e. The van der Waals surface area contributed by atoms with Crippen LogP contribution in [0.3, 0.4) is 0 Å². The Hall–Kier alpha value is -3.89. The average Bonchev–Trinajstić information content (AvgIpc) is 3.15. The molecule has 11 heteroatoms. The highest BCUT2D eigenvalue weighted by Gasteiger charge is 2.56. The van der Waals surface area contributed by atoms with Gasteiger partial charge in [0.05, 0.1) is 11.4 Å². The van der Waals surface area contributed by atoms with Crippen molar-refractivity contribution in [1.29, 1.82) is 0 Å². The summed E-state index contributed by atoms with van der Waals surface area (Å²) in [6.45, 7) is 6.57. The molecule has 2 unspecified atom stereocenters. The van der Waals surface area contributed by atoms with Gasteiger partial charge in [-0.05, 0) is 49.7 Å². The van der Waals surface area contributed by atoms with Gasteiger partial charge in [0.2, 0.25) is 0 Å². The predicted octanol–water partition coefficient (Wildman–Crippen LogP) is 2.10. The number of ether oxygens (including phenoxy) is 1. The third kappa shape index (κ3) is 5.03. The van der Waals surface area contributed by atoms with E-state index < -0.39 is 48.1 Å². The summed E-state index contributed by atoms with van der Waals surface area (Å²) in [4.78, 5) is 64.5. The van der Waals surface area contributed by atoms with Crippen LogP contribution in [0.2, 0.25) is 0 Å². The van der Waals surface area contributed by atoms with E-state index >= 15 is 0 Å². The van der Waals surface area contributed by atoms with Crippen molar-refractivity contribution in [3.63, 3.8) is 0 Å². The molecule has 2 aromatic rings. The number of aromatic nitrogens is 2. The number of nitrogens with zero attached hydrogens (tertiary/aromatic N) is 3. The van der Waals surface area contributed by atoms with Gasteiger partial charge < -0.3 is 15.4 Å². The highest BCUT2D eigenvalue weighted by atomic mass is 16.5. The van der Waals surface area contributed by atoms with Crippen molar-refractivity contribution in [2.24, 2.45) is 18.4 Å². The maximum absolute atomic E-state index is 13.2. The van der Waals surface area contributed by atoms with Gasteiger partial charge in [-0.15, -0.1) is 0 Å². The molecule has 37 heavy (non-hydrogen) atoms. The summed E-state index contributed by atoms with van der Waals surface area (Å²) >= 11 is 0. The lowest BCUT2D eigenvalue weighted by Crippen LogP contribution is -2.54. The third-order valence-corrected chi connectivity index (χ3v) is 7.09. The summed E-state index contributed by atoms with van der Waals surface area (Å²) in [7, 11) is 1.69. The molecular formula is C26H33N5O6. The van der Waals surface area contributed by atoms with E-state index in [0.29, 0.717) is 24.2 Å². The van der Waals surface area contributed by atoms with Gasteiger partial charge in [-0.25, -0.2) is 9.48 Å². The van der Waals surface area contributed by atoms with Crippen LogP contribution in [0.4, 0.5) is 10.5 Å². The Morgan fingerprint density at radius 1 is 1.14 bits per heavy atom. The van der Waals surface area contributed by atoms with Crippen molar-refractivity contribution in [1.82, 2.24) is 19.6 Å². The molecule has 1 saturated heterocycles. The normalized spacial score (nSPS) is 22.7. The molecule has 2 heterocycles. The first-order valence-electron chi connectivity index (χ1n) is 12.3. The Morgan fingerprint density at radius 2 is 1.81 bits per heavy atom. The van der Waals surface area contributed by atoms with Gasteiger partial charge in [0.25, 0.3) is 17.4 Å². The summed E-state index contributed by atoms with van der Waals surface area (Å²) in [5.41, 5.74) is -0.379. The van der Waals surface area contributed by atoms with Crippen LogP contribution in [-0.2, 0) is 26.2 Å². The highest BCUT2D eigenvalue weighted by molar-refractivity contribution is 6.09. The van der Waals surface area contributed by atoms with E-state index in [0.717, 1.165) is 11.3 Å². The Kier molecular flexibility index (Phi) is 6.74. The third-order valence-electron chi connectivity index (χ3n) is 7.09. The van der Waals surface area contributed by atoms with E-state index in [9.17, 15) is 24.0 Å². The Morgan fingerprint density at radius 3 is 2.46 bits per heavy atom. The molecule has 0 bridgehead atoms. The van der Waals surface area contributed by atoms with Gasteiger partial charge in [0.15, 0.2) is 6.61 Å². The molecule has 1 aromatic carbocycles. The second kappa shape index (κ2) is 9.53. The number of esters is 1. The quantitative estimate of drug-likeness (QED) is 0.451. The van der Waals surface area contributed by atoms with Crippen molar-refractivity contribution in [3.05, 3.63) is 46.4 Å². The fraction of sp³-hybridized carbons (Fsp3) is 0.500. The Bertz CT molecular complexity index is 1310. The zero-order chi connectivity index (χ0) is 27.1. The van der Waals surface area contributed by atoms with Gasteiger partial charge in [0, 0.05) is 7.05 Å². The lowest BCUT2D eigenvalue weighted by Gasteiger charge is -2.43. The van der Waals surface area contributed by atoms with Gasteiger partial charge in [-0.1, -0.05) is 39.0 Å². The average molecular weight is 512 g/mol. The largest absolute Gasteiger partial charge is 0.454 e. The maximum atomic E-state index is 13.2. The molecule has 0 radical (unpaired) electrons. The van der Waals surface area contributed by atoms with E-state index in [1.54, 1.807) is 42.9 Å². The molecule has 1 saturated carbocycles. The molecule has 2 fully saturated rings. The number of amides is 4. The first-order chi connectivity index (χ1) is 17.3. The van der Waals surface area contributed by atoms with Crippen LogP contribution < -0.4 is 16.2 Å². The molecule has 1 spiro atoms. The summed E-state index contributed by atoms with van der Waals surface area (Å²) in [5.74, 6) is -1.82. The summed E-state index contributed by atoms with van der Waals surface area (Å²) < 4.78 is 8.06. The van der Waals surface area contributed by atoms with Crippen molar-refractivity contribution in [3.8, 4) is 5.69 Å². The molecule has 2 N–H and O–H groups in total. The number of para-hydroxylation sites is 1. The minimum atomic E-state index is -1.03. The van der Waals surface area contributed by atoms with E-state index in [4.69, 9.17) is 4.74 Å². The molecule has 1 aromatic heterocycles. The molecule has 2 atom stereocenters. The van der Waals surface area contributed by atoms with Crippen LogP contribution in [0.25, 0.3) is 5.69 Å². The number of nitrogens with one attached hydrogen (secondary N) is 2. The molecule has 4 amide bonds. The molecule has 198 valence electrons. The summed E-state index contributed by atoms with van der Waals surface area (Å²) in [6.07, 6.45) is 1.93. The fourth-order valence-electron chi connectivity index (χ4n) is 5.86. The number of rotatable bonds is 6. The molecule has 11 nitrogen and oxygen atoms in total. The van der Waals surface area contributed by atoms with Crippen LogP contribution in [0.5, 0.6) is 0 Å². The smallest absolute Gasteiger partial charge is 0.326 e. The van der Waals surface area contributed by atoms with E-state index in [1.165, 1.54) is 4.68 Å². The second-order valence-electron chi connectivity index (χ2n) is 10.9. The Balaban J connectivity index is 1.37. The zero-order valence-corrected chi connectivity index (χ0v) is 21.8. The number of hydrogen-bond acceptors (Lipinski definition) is 6. The standard InChI is InChI=1S/C26H33N5O6/c1-16-11-25(3,4)15-26(12-16)23(35)30(24(36)28-26)13-20(33)37-14-19(32)27-21-17(2)29(5)31(22(21)34)18-9-7-6-8-10-18/h6-10,16H,11-15H2,1-5H3,(H,27,32)(H,28,36). The Labute approximate surface area is 214 Å². The zero-order valence-electron chi connectivity index (χ0n) is 21.8. The summed E-state index contributed by atoms with van der Waals surface area (Å²) in [6, 6.07) is 8.32. The number of hydrogen-bond donors (Lipinski definition) is 2. The van der Waals surface area contributed by atoms with Gasteiger partial charge in [-0.3, -0.25) is 28.8 Å². The topological polar surface area (TPSA) is 132 Å². The minimum Gasteiger partial charge on any atom is -0.454 e. The van der Waals surface area contributed by atoms with Gasteiger partial charge in [-0.2, -0.15) is 0 Å². The number of carbonyl (C=O) groups is 4. The number of anilines is 1. The molecule has 4 rings (SSSR count). The number of urea groups is 1. The lowest BCUT2D eigenvalue weighted by molar-refractivity contribution is -0.150. The number of benzene rings is 1. The van der Waals surface area contributed by atoms with Crippen molar-refractivity contribution in [2.75, 3.05) is 18.5 Å². The lowest BCUT2D eigenvalue weighted by atomic mass is 9.64. The van der Waals surface area contributed by atoms with E-state index in [-0.39, 0.29) is 17.0 Å². The first kappa shape index (κ1) is 26.2. The van der Waals surface area contributed by atoms with Gasteiger partial charge >= 0.3 is 12.0 Å². The van der Waals surface area contributed by atoms with Gasteiger partial charge in [0.1, 0.15) is 17.8 Å². The minimum absolute atomic E-state index is 0.0671. The van der Waals surface area contributed by atoms with Crippen LogP contribution in [0.15, 0.2) is 35.1 Å². The second-order valence-corrected chi connectivity index (χ2v) is 10.9. The predicted molar refractivity (Wildman–Crippen MR) is 135 cm³/mol. The molecule has 2 aliphatic rings. The van der Waals surface area contributed by atoms with Crippen molar-refractivity contribution >= 4 is 29.5 Å². The van der Waals surface area contributed by atoms with E-state index in [1.807, 2.05) is 13.0 Å². The van der Waals surface area contributed by atoms with Crippen molar-refractivity contribution in [2.45, 2.75) is 52.5 Å². The first-order valence-corrected chi connectivity index (χ1v) is 12.3. The molecular weight excluding hydrogens is 478 g/mol.